The Hall–Kier alpha value is -2.61. The standard InChI is InChI=1S/C23H33N5O3/c1-15-13-21(29)26-19-14-17(22(30)25-12-7-16-3-4-16)5-6-20(19)28(15)23(31)27(2)18-8-10-24-11-9-18/h5-6,14-16,18,24H,3-4,7-13H2,1-2H3,(H,25,30)(H,26,29)/t15-/m0/s1. The monoisotopic (exact) mass is 427 g/mol. The highest BCUT2D eigenvalue weighted by Gasteiger charge is 2.34. The van der Waals surface area contributed by atoms with Gasteiger partial charge < -0.3 is 20.9 Å². The van der Waals surface area contributed by atoms with Gasteiger partial charge in [0.15, 0.2) is 0 Å². The molecule has 0 aromatic heterocycles. The van der Waals surface area contributed by atoms with Gasteiger partial charge in [-0.2, -0.15) is 0 Å². The van der Waals surface area contributed by atoms with Crippen LogP contribution in [-0.2, 0) is 4.79 Å². The maximum Gasteiger partial charge on any atom is 0.324 e. The maximum absolute atomic E-state index is 13.5. The summed E-state index contributed by atoms with van der Waals surface area (Å²) in [5.74, 6) is 0.448. The first-order chi connectivity index (χ1) is 14.9. The third-order valence-corrected chi connectivity index (χ3v) is 6.61. The minimum absolute atomic E-state index is 0.112. The molecule has 0 unspecified atom stereocenters. The van der Waals surface area contributed by atoms with Gasteiger partial charge in [0.1, 0.15) is 0 Å². The van der Waals surface area contributed by atoms with E-state index in [0.717, 1.165) is 38.3 Å². The van der Waals surface area contributed by atoms with Crippen LogP contribution in [0, 0.1) is 5.92 Å². The van der Waals surface area contributed by atoms with Crippen LogP contribution in [0.25, 0.3) is 0 Å². The molecule has 2 heterocycles. The van der Waals surface area contributed by atoms with E-state index < -0.39 is 0 Å². The molecule has 1 aliphatic carbocycles. The number of nitrogens with one attached hydrogen (secondary N) is 3. The van der Waals surface area contributed by atoms with E-state index in [2.05, 4.69) is 16.0 Å². The molecule has 168 valence electrons. The van der Waals surface area contributed by atoms with Gasteiger partial charge in [0.05, 0.1) is 11.4 Å². The Balaban J connectivity index is 1.55. The number of nitrogens with zero attached hydrogens (tertiary/aromatic N) is 2. The second-order valence-corrected chi connectivity index (χ2v) is 9.07. The predicted octanol–water partition coefficient (Wildman–Crippen LogP) is 2.56. The third kappa shape index (κ3) is 5.01. The first-order valence-corrected chi connectivity index (χ1v) is 11.4. The largest absolute Gasteiger partial charge is 0.352 e. The zero-order chi connectivity index (χ0) is 22.0. The SMILES string of the molecule is C[C@H]1CC(=O)Nc2cc(C(=O)NCCC3CC3)ccc2N1C(=O)N(C)C1CCNCC1. The Bertz CT molecular complexity index is 848. The number of hydrogen-bond donors (Lipinski definition) is 3. The normalized spacial score (nSPS) is 21.7. The van der Waals surface area contributed by atoms with Crippen molar-refractivity contribution in [3.05, 3.63) is 23.8 Å². The van der Waals surface area contributed by atoms with Crippen LogP contribution in [0.2, 0.25) is 0 Å². The predicted molar refractivity (Wildman–Crippen MR) is 120 cm³/mol. The van der Waals surface area contributed by atoms with Crippen LogP contribution >= 0.6 is 0 Å². The lowest BCUT2D eigenvalue weighted by atomic mass is 10.1. The number of fused-ring (bicyclic) bond motifs is 1. The van der Waals surface area contributed by atoms with Crippen LogP contribution in [0.3, 0.4) is 0 Å². The minimum Gasteiger partial charge on any atom is -0.352 e. The van der Waals surface area contributed by atoms with E-state index in [9.17, 15) is 14.4 Å². The van der Waals surface area contributed by atoms with Crippen LogP contribution in [0.1, 0.15) is 55.8 Å². The van der Waals surface area contributed by atoms with Crippen LogP contribution in [-0.4, -0.2) is 61.5 Å². The molecule has 3 N–H and O–H groups in total. The molecule has 3 aliphatic rings. The number of piperidine rings is 1. The maximum atomic E-state index is 13.5. The summed E-state index contributed by atoms with van der Waals surface area (Å²) >= 11 is 0. The number of urea groups is 1. The molecule has 1 aromatic rings. The summed E-state index contributed by atoms with van der Waals surface area (Å²) in [7, 11) is 1.84. The van der Waals surface area contributed by atoms with Gasteiger partial charge in [-0.25, -0.2) is 4.79 Å². The van der Waals surface area contributed by atoms with Gasteiger partial charge >= 0.3 is 6.03 Å². The number of benzene rings is 1. The van der Waals surface area contributed by atoms with Crippen LogP contribution in [0.15, 0.2) is 18.2 Å². The van der Waals surface area contributed by atoms with Crippen LogP contribution in [0.4, 0.5) is 16.2 Å². The van der Waals surface area contributed by atoms with Crippen molar-refractivity contribution in [3.63, 3.8) is 0 Å². The molecule has 4 amide bonds. The summed E-state index contributed by atoms with van der Waals surface area (Å²) in [6.07, 6.45) is 5.56. The van der Waals surface area contributed by atoms with Gasteiger partial charge in [-0.3, -0.25) is 14.5 Å². The Morgan fingerprint density at radius 3 is 2.65 bits per heavy atom. The number of rotatable bonds is 5. The van der Waals surface area contributed by atoms with E-state index in [1.54, 1.807) is 28.0 Å². The summed E-state index contributed by atoms with van der Waals surface area (Å²) in [4.78, 5) is 42.0. The molecule has 2 aliphatic heterocycles. The van der Waals surface area contributed by atoms with Gasteiger partial charge in [-0.15, -0.1) is 0 Å². The summed E-state index contributed by atoms with van der Waals surface area (Å²) in [6, 6.07) is 4.98. The second kappa shape index (κ2) is 9.26. The minimum atomic E-state index is -0.281. The van der Waals surface area contributed by atoms with Gasteiger partial charge in [-0.05, 0) is 63.4 Å². The number of amides is 4. The third-order valence-electron chi connectivity index (χ3n) is 6.61. The molecule has 1 atom stereocenters. The summed E-state index contributed by atoms with van der Waals surface area (Å²) in [6.45, 7) is 4.35. The van der Waals surface area contributed by atoms with Crippen molar-refractivity contribution < 1.29 is 14.4 Å². The fraction of sp³-hybridized carbons (Fsp3) is 0.609. The molecular weight excluding hydrogens is 394 g/mol. The Morgan fingerprint density at radius 1 is 1.19 bits per heavy atom. The number of carbonyl (C=O) groups excluding carboxylic acids is 3. The molecule has 1 saturated carbocycles. The van der Waals surface area contributed by atoms with Crippen molar-refractivity contribution in [3.8, 4) is 0 Å². The van der Waals surface area contributed by atoms with E-state index >= 15 is 0 Å². The van der Waals surface area contributed by atoms with Crippen molar-refractivity contribution in [2.45, 2.75) is 57.5 Å². The number of anilines is 2. The second-order valence-electron chi connectivity index (χ2n) is 9.07. The van der Waals surface area contributed by atoms with Gasteiger partial charge in [0, 0.05) is 37.7 Å². The Morgan fingerprint density at radius 2 is 1.94 bits per heavy atom. The lowest BCUT2D eigenvalue weighted by Crippen LogP contribution is -2.52. The fourth-order valence-electron chi connectivity index (χ4n) is 4.50. The highest BCUT2D eigenvalue weighted by atomic mass is 16.2. The first kappa shape index (κ1) is 21.6. The topological polar surface area (TPSA) is 93.8 Å². The lowest BCUT2D eigenvalue weighted by molar-refractivity contribution is -0.116. The van der Waals surface area contributed by atoms with Crippen molar-refractivity contribution in [2.24, 2.45) is 5.92 Å². The van der Waals surface area contributed by atoms with Crippen molar-refractivity contribution >= 4 is 29.2 Å². The van der Waals surface area contributed by atoms with E-state index in [-0.39, 0.29) is 36.3 Å². The molecule has 0 radical (unpaired) electrons. The van der Waals surface area contributed by atoms with E-state index in [4.69, 9.17) is 0 Å². The average Bonchev–Trinajstić information content (AvgIpc) is 3.59. The molecule has 1 aromatic carbocycles. The quantitative estimate of drug-likeness (QED) is 0.673. The lowest BCUT2D eigenvalue weighted by Gasteiger charge is -2.37. The average molecular weight is 428 g/mol. The van der Waals surface area contributed by atoms with Crippen LogP contribution < -0.4 is 20.9 Å². The Kier molecular flexibility index (Phi) is 6.46. The summed E-state index contributed by atoms with van der Waals surface area (Å²) in [5.41, 5.74) is 1.64. The molecule has 2 fully saturated rings. The molecule has 0 bridgehead atoms. The van der Waals surface area contributed by atoms with E-state index in [0.29, 0.717) is 23.5 Å². The van der Waals surface area contributed by atoms with E-state index in [1.165, 1.54) is 12.8 Å². The highest BCUT2D eigenvalue weighted by molar-refractivity contribution is 6.06. The Labute approximate surface area is 183 Å². The molecule has 8 heteroatoms. The van der Waals surface area contributed by atoms with Crippen molar-refractivity contribution in [1.82, 2.24) is 15.5 Å². The molecular formula is C23H33N5O3. The summed E-state index contributed by atoms with van der Waals surface area (Å²) in [5, 5.41) is 9.18. The first-order valence-electron chi connectivity index (χ1n) is 11.4. The molecule has 4 rings (SSSR count). The van der Waals surface area contributed by atoms with E-state index in [1.807, 2.05) is 14.0 Å². The van der Waals surface area contributed by atoms with Crippen molar-refractivity contribution in [2.75, 3.05) is 36.9 Å². The molecule has 8 nitrogen and oxygen atoms in total. The molecule has 31 heavy (non-hydrogen) atoms. The van der Waals surface area contributed by atoms with Crippen LogP contribution in [0.5, 0.6) is 0 Å². The summed E-state index contributed by atoms with van der Waals surface area (Å²) < 4.78 is 0. The smallest absolute Gasteiger partial charge is 0.324 e. The number of hydrogen-bond acceptors (Lipinski definition) is 4. The molecule has 0 spiro atoms. The van der Waals surface area contributed by atoms with Gasteiger partial charge in [-0.1, -0.05) is 12.8 Å². The zero-order valence-corrected chi connectivity index (χ0v) is 18.4. The molecule has 1 saturated heterocycles. The number of carbonyl (C=O) groups is 3. The van der Waals surface area contributed by atoms with Crippen molar-refractivity contribution in [1.29, 1.82) is 0 Å². The van der Waals surface area contributed by atoms with Gasteiger partial charge in [0.2, 0.25) is 5.91 Å². The zero-order valence-electron chi connectivity index (χ0n) is 18.4. The fourth-order valence-corrected chi connectivity index (χ4v) is 4.50. The van der Waals surface area contributed by atoms with Gasteiger partial charge in [0.25, 0.3) is 5.91 Å². The highest BCUT2D eigenvalue weighted by Crippen LogP contribution is 2.34.